The molecule has 0 spiro atoms. The number of halogens is 1. The van der Waals surface area contributed by atoms with Crippen LogP contribution in [0.3, 0.4) is 0 Å². The first-order valence-corrected chi connectivity index (χ1v) is 5.65. The fourth-order valence-corrected chi connectivity index (χ4v) is 1.51. The number of hydrogen-bond donors (Lipinski definition) is 1. The normalized spacial score (nSPS) is 10.2. The predicted molar refractivity (Wildman–Crippen MR) is 64.1 cm³/mol. The summed E-state index contributed by atoms with van der Waals surface area (Å²) in [5.74, 6) is -1.04. The number of furan rings is 1. The van der Waals surface area contributed by atoms with E-state index in [1.165, 1.54) is 12.1 Å². The summed E-state index contributed by atoms with van der Waals surface area (Å²) in [7, 11) is 0. The van der Waals surface area contributed by atoms with Gasteiger partial charge < -0.3 is 14.3 Å². The Kier molecular flexibility index (Phi) is 3.49. The molecule has 0 bridgehead atoms. The molecule has 5 heteroatoms. The lowest BCUT2D eigenvalue weighted by atomic mass is 10.2. The minimum Gasteiger partial charge on any atom is -0.475 e. The second-order valence-corrected chi connectivity index (χ2v) is 4.25. The van der Waals surface area contributed by atoms with E-state index in [2.05, 4.69) is 15.9 Å². The monoisotopic (exact) mass is 296 g/mol. The molecule has 0 radical (unpaired) electrons. The van der Waals surface area contributed by atoms with E-state index in [1.54, 1.807) is 0 Å². The number of rotatable bonds is 4. The summed E-state index contributed by atoms with van der Waals surface area (Å²) in [6, 6.07) is 10.5. The van der Waals surface area contributed by atoms with E-state index in [9.17, 15) is 4.79 Å². The van der Waals surface area contributed by atoms with Crippen LogP contribution in [-0.2, 0) is 6.61 Å². The largest absolute Gasteiger partial charge is 0.475 e. The van der Waals surface area contributed by atoms with Crippen molar-refractivity contribution in [3.05, 3.63) is 52.2 Å². The molecule has 2 aromatic rings. The van der Waals surface area contributed by atoms with Gasteiger partial charge in [-0.25, -0.2) is 4.79 Å². The maximum Gasteiger partial charge on any atom is 0.371 e. The van der Waals surface area contributed by atoms with Gasteiger partial charge in [0, 0.05) is 10.5 Å². The number of carboxylic acids is 1. The standard InChI is InChI=1S/C12H9BrO4/c13-9-3-1-8(2-4-9)7-16-11-6-5-10(17-11)12(14)15/h1-6H,7H2,(H,14,15). The number of aromatic carboxylic acids is 1. The maximum atomic E-state index is 10.6. The molecule has 1 aromatic heterocycles. The molecule has 0 atom stereocenters. The fourth-order valence-electron chi connectivity index (χ4n) is 1.25. The van der Waals surface area contributed by atoms with Crippen LogP contribution < -0.4 is 4.74 Å². The molecule has 88 valence electrons. The van der Waals surface area contributed by atoms with Crippen molar-refractivity contribution in [3.8, 4) is 5.95 Å². The van der Waals surface area contributed by atoms with Crippen molar-refractivity contribution < 1.29 is 19.1 Å². The molecule has 1 aromatic carbocycles. The lowest BCUT2D eigenvalue weighted by Gasteiger charge is -2.02. The van der Waals surface area contributed by atoms with E-state index in [-0.39, 0.29) is 11.7 Å². The second kappa shape index (κ2) is 5.05. The summed E-state index contributed by atoms with van der Waals surface area (Å²) < 4.78 is 11.3. The van der Waals surface area contributed by atoms with Crippen molar-refractivity contribution in [1.29, 1.82) is 0 Å². The van der Waals surface area contributed by atoms with Gasteiger partial charge in [-0.15, -0.1) is 0 Å². The van der Waals surface area contributed by atoms with Gasteiger partial charge in [-0.2, -0.15) is 0 Å². The third-order valence-electron chi connectivity index (χ3n) is 2.09. The molecule has 0 aliphatic carbocycles. The summed E-state index contributed by atoms with van der Waals surface area (Å²) in [5.41, 5.74) is 0.974. The minimum atomic E-state index is -1.11. The highest BCUT2D eigenvalue weighted by atomic mass is 79.9. The molecule has 0 saturated carbocycles. The topological polar surface area (TPSA) is 59.7 Å². The molecule has 2 rings (SSSR count). The highest BCUT2D eigenvalue weighted by Crippen LogP contribution is 2.18. The molecular formula is C12H9BrO4. The average molecular weight is 297 g/mol. The Morgan fingerprint density at radius 2 is 1.94 bits per heavy atom. The third kappa shape index (κ3) is 3.10. The summed E-state index contributed by atoms with van der Waals surface area (Å²) >= 11 is 3.34. The first-order valence-electron chi connectivity index (χ1n) is 4.85. The molecule has 4 nitrogen and oxygen atoms in total. The summed E-state index contributed by atoms with van der Waals surface area (Å²) in [4.78, 5) is 10.6. The van der Waals surface area contributed by atoms with Crippen molar-refractivity contribution in [2.45, 2.75) is 6.61 Å². The average Bonchev–Trinajstić information content (AvgIpc) is 2.77. The molecule has 1 N–H and O–H groups in total. The van der Waals surface area contributed by atoms with Crippen molar-refractivity contribution in [1.82, 2.24) is 0 Å². The Morgan fingerprint density at radius 1 is 1.24 bits per heavy atom. The molecular weight excluding hydrogens is 288 g/mol. The predicted octanol–water partition coefficient (Wildman–Crippen LogP) is 3.32. The van der Waals surface area contributed by atoms with Gasteiger partial charge in [0.25, 0.3) is 5.95 Å². The van der Waals surface area contributed by atoms with E-state index < -0.39 is 5.97 Å². The molecule has 0 unspecified atom stereocenters. The van der Waals surface area contributed by atoms with E-state index >= 15 is 0 Å². The van der Waals surface area contributed by atoms with Crippen LogP contribution in [-0.4, -0.2) is 11.1 Å². The molecule has 0 saturated heterocycles. The lowest BCUT2D eigenvalue weighted by molar-refractivity contribution is 0.0652. The fraction of sp³-hybridized carbons (Fsp3) is 0.0833. The Labute approximate surface area is 106 Å². The van der Waals surface area contributed by atoms with E-state index in [4.69, 9.17) is 14.3 Å². The van der Waals surface area contributed by atoms with Gasteiger partial charge in [-0.05, 0) is 23.8 Å². The lowest BCUT2D eigenvalue weighted by Crippen LogP contribution is -1.94. The van der Waals surface area contributed by atoms with Gasteiger partial charge in [0.15, 0.2) is 0 Å². The van der Waals surface area contributed by atoms with Crippen LogP contribution in [0.1, 0.15) is 16.1 Å². The Morgan fingerprint density at radius 3 is 2.53 bits per heavy atom. The summed E-state index contributed by atoms with van der Waals surface area (Å²) in [5, 5.41) is 8.66. The zero-order valence-corrected chi connectivity index (χ0v) is 10.3. The Hall–Kier alpha value is -1.75. The number of carboxylic acid groups (broad SMARTS) is 1. The van der Waals surface area contributed by atoms with Crippen LogP contribution in [0.5, 0.6) is 5.95 Å². The van der Waals surface area contributed by atoms with Gasteiger partial charge in [-0.3, -0.25) is 0 Å². The van der Waals surface area contributed by atoms with E-state index in [0.29, 0.717) is 6.61 Å². The molecule has 0 amide bonds. The van der Waals surface area contributed by atoms with Gasteiger partial charge in [-0.1, -0.05) is 28.1 Å². The van der Waals surface area contributed by atoms with E-state index in [1.807, 2.05) is 24.3 Å². The number of carbonyl (C=O) groups is 1. The van der Waals surface area contributed by atoms with Crippen molar-refractivity contribution >= 4 is 21.9 Å². The van der Waals surface area contributed by atoms with Crippen LogP contribution in [0.25, 0.3) is 0 Å². The van der Waals surface area contributed by atoms with Gasteiger partial charge >= 0.3 is 5.97 Å². The van der Waals surface area contributed by atoms with Gasteiger partial charge in [0.05, 0.1) is 0 Å². The zero-order valence-electron chi connectivity index (χ0n) is 8.72. The highest BCUT2D eigenvalue weighted by molar-refractivity contribution is 9.10. The molecule has 0 fully saturated rings. The molecule has 0 aliphatic rings. The smallest absolute Gasteiger partial charge is 0.371 e. The van der Waals surface area contributed by atoms with Crippen molar-refractivity contribution in [2.75, 3.05) is 0 Å². The Bertz CT molecular complexity index is 516. The van der Waals surface area contributed by atoms with Crippen LogP contribution >= 0.6 is 15.9 Å². The molecule has 0 aliphatic heterocycles. The first-order chi connectivity index (χ1) is 8.15. The van der Waals surface area contributed by atoms with Crippen molar-refractivity contribution in [2.24, 2.45) is 0 Å². The zero-order chi connectivity index (χ0) is 12.3. The van der Waals surface area contributed by atoms with E-state index in [0.717, 1.165) is 10.0 Å². The molecule has 17 heavy (non-hydrogen) atoms. The highest BCUT2D eigenvalue weighted by Gasteiger charge is 2.09. The third-order valence-corrected chi connectivity index (χ3v) is 2.62. The van der Waals surface area contributed by atoms with Crippen LogP contribution in [0, 0.1) is 0 Å². The summed E-state index contributed by atoms with van der Waals surface area (Å²) in [6.45, 7) is 0.333. The number of hydrogen-bond acceptors (Lipinski definition) is 3. The first kappa shape index (κ1) is 11.7. The number of ether oxygens (including phenoxy) is 1. The van der Waals surface area contributed by atoms with Crippen LogP contribution in [0.4, 0.5) is 0 Å². The Balaban J connectivity index is 1.97. The molecule has 1 heterocycles. The SMILES string of the molecule is O=C(O)c1ccc(OCc2ccc(Br)cc2)o1. The number of benzene rings is 1. The maximum absolute atomic E-state index is 10.6. The van der Waals surface area contributed by atoms with Crippen molar-refractivity contribution in [3.63, 3.8) is 0 Å². The quantitative estimate of drug-likeness (QED) is 0.940. The second-order valence-electron chi connectivity index (χ2n) is 3.34. The van der Waals surface area contributed by atoms with Gasteiger partial charge in [0.2, 0.25) is 5.76 Å². The van der Waals surface area contributed by atoms with Gasteiger partial charge in [0.1, 0.15) is 6.61 Å². The summed E-state index contributed by atoms with van der Waals surface area (Å²) in [6.07, 6.45) is 0. The van der Waals surface area contributed by atoms with Crippen LogP contribution in [0.15, 0.2) is 45.3 Å². The minimum absolute atomic E-state index is 0.129. The van der Waals surface area contributed by atoms with Crippen LogP contribution in [0.2, 0.25) is 0 Å².